The standard InChI is InChI=1S/C15H30N2O3/c1-3-5-7-13(16)15(20)17-11-10-12(6-4-2)8-9-14(18)19/h12-13H,3-11,16H2,1-2H3,(H,17,20)(H,18,19). The zero-order valence-corrected chi connectivity index (χ0v) is 12.9. The van der Waals surface area contributed by atoms with Crippen molar-refractivity contribution in [2.75, 3.05) is 6.54 Å². The molecule has 20 heavy (non-hydrogen) atoms. The van der Waals surface area contributed by atoms with Crippen molar-refractivity contribution in [3.8, 4) is 0 Å². The third kappa shape index (κ3) is 9.78. The summed E-state index contributed by atoms with van der Waals surface area (Å²) in [5.41, 5.74) is 5.79. The maximum atomic E-state index is 11.7. The molecule has 0 radical (unpaired) electrons. The van der Waals surface area contributed by atoms with Crippen molar-refractivity contribution in [3.05, 3.63) is 0 Å². The molecule has 0 bridgehead atoms. The number of carboxylic acid groups (broad SMARTS) is 1. The predicted octanol–water partition coefficient (Wildman–Crippen LogP) is 2.29. The number of carboxylic acids is 1. The second-order valence-corrected chi connectivity index (χ2v) is 5.42. The highest BCUT2D eigenvalue weighted by atomic mass is 16.4. The highest BCUT2D eigenvalue weighted by Gasteiger charge is 2.14. The van der Waals surface area contributed by atoms with Crippen molar-refractivity contribution >= 4 is 11.9 Å². The van der Waals surface area contributed by atoms with Crippen LogP contribution in [0.2, 0.25) is 0 Å². The molecule has 0 aliphatic heterocycles. The lowest BCUT2D eigenvalue weighted by atomic mass is 9.94. The highest BCUT2D eigenvalue weighted by molar-refractivity contribution is 5.81. The van der Waals surface area contributed by atoms with E-state index in [4.69, 9.17) is 10.8 Å². The molecule has 5 heteroatoms. The molecule has 2 atom stereocenters. The van der Waals surface area contributed by atoms with Crippen LogP contribution in [0, 0.1) is 5.92 Å². The normalized spacial score (nSPS) is 13.8. The van der Waals surface area contributed by atoms with Gasteiger partial charge in [-0.3, -0.25) is 9.59 Å². The third-order valence-corrected chi connectivity index (χ3v) is 3.52. The van der Waals surface area contributed by atoms with E-state index < -0.39 is 12.0 Å². The van der Waals surface area contributed by atoms with E-state index in [1.165, 1.54) is 0 Å². The van der Waals surface area contributed by atoms with Crippen LogP contribution in [0.25, 0.3) is 0 Å². The van der Waals surface area contributed by atoms with E-state index in [1.807, 2.05) is 0 Å². The molecular formula is C15H30N2O3. The van der Waals surface area contributed by atoms with Crippen LogP contribution < -0.4 is 11.1 Å². The zero-order chi connectivity index (χ0) is 15.4. The minimum Gasteiger partial charge on any atom is -0.481 e. The number of nitrogens with two attached hydrogens (primary N) is 1. The Bertz CT molecular complexity index is 282. The van der Waals surface area contributed by atoms with Crippen molar-refractivity contribution in [2.24, 2.45) is 11.7 Å². The fourth-order valence-corrected chi connectivity index (χ4v) is 2.25. The van der Waals surface area contributed by atoms with E-state index in [-0.39, 0.29) is 12.3 Å². The van der Waals surface area contributed by atoms with Gasteiger partial charge in [0.15, 0.2) is 0 Å². The van der Waals surface area contributed by atoms with Crippen LogP contribution in [0.5, 0.6) is 0 Å². The molecule has 0 rings (SSSR count). The summed E-state index contributed by atoms with van der Waals surface area (Å²) in [5, 5.41) is 11.6. The first-order valence-corrected chi connectivity index (χ1v) is 7.76. The van der Waals surface area contributed by atoms with Crippen molar-refractivity contribution in [1.29, 1.82) is 0 Å². The van der Waals surface area contributed by atoms with Crippen LogP contribution in [-0.4, -0.2) is 29.6 Å². The summed E-state index contributed by atoms with van der Waals surface area (Å²) in [4.78, 5) is 22.3. The topological polar surface area (TPSA) is 92.4 Å². The first-order valence-electron chi connectivity index (χ1n) is 7.76. The lowest BCUT2D eigenvalue weighted by Crippen LogP contribution is -2.41. The molecule has 118 valence electrons. The van der Waals surface area contributed by atoms with Crippen molar-refractivity contribution in [1.82, 2.24) is 5.32 Å². The summed E-state index contributed by atoms with van der Waals surface area (Å²) < 4.78 is 0. The summed E-state index contributed by atoms with van der Waals surface area (Å²) >= 11 is 0. The lowest BCUT2D eigenvalue weighted by molar-refractivity contribution is -0.137. The molecule has 4 N–H and O–H groups in total. The average Bonchev–Trinajstić information content (AvgIpc) is 2.41. The molecule has 5 nitrogen and oxygen atoms in total. The van der Waals surface area contributed by atoms with Crippen molar-refractivity contribution in [2.45, 2.75) is 71.3 Å². The Morgan fingerprint density at radius 3 is 2.35 bits per heavy atom. The predicted molar refractivity (Wildman–Crippen MR) is 80.4 cm³/mol. The van der Waals surface area contributed by atoms with E-state index in [0.717, 1.165) is 38.5 Å². The molecule has 2 unspecified atom stereocenters. The van der Waals surface area contributed by atoms with E-state index >= 15 is 0 Å². The second kappa shape index (κ2) is 11.7. The minimum atomic E-state index is -0.753. The van der Waals surface area contributed by atoms with Gasteiger partial charge >= 0.3 is 5.97 Å². The lowest BCUT2D eigenvalue weighted by Gasteiger charge is -2.17. The highest BCUT2D eigenvalue weighted by Crippen LogP contribution is 2.17. The van der Waals surface area contributed by atoms with Gasteiger partial charge in [-0.05, 0) is 25.2 Å². The molecule has 0 aromatic heterocycles. The third-order valence-electron chi connectivity index (χ3n) is 3.52. The number of unbranched alkanes of at least 4 members (excludes halogenated alkanes) is 1. The van der Waals surface area contributed by atoms with Gasteiger partial charge in [-0.25, -0.2) is 0 Å². The first-order chi connectivity index (χ1) is 9.51. The number of carbonyl (C=O) groups is 2. The number of hydrogen-bond donors (Lipinski definition) is 3. The van der Waals surface area contributed by atoms with E-state index in [1.54, 1.807) is 0 Å². The van der Waals surface area contributed by atoms with Gasteiger partial charge in [-0.2, -0.15) is 0 Å². The van der Waals surface area contributed by atoms with Crippen LogP contribution >= 0.6 is 0 Å². The molecule has 0 heterocycles. The van der Waals surface area contributed by atoms with E-state index in [9.17, 15) is 9.59 Å². The summed E-state index contributed by atoms with van der Waals surface area (Å²) in [7, 11) is 0. The Morgan fingerprint density at radius 2 is 1.80 bits per heavy atom. The zero-order valence-electron chi connectivity index (χ0n) is 12.9. The van der Waals surface area contributed by atoms with Gasteiger partial charge in [-0.1, -0.05) is 39.5 Å². The second-order valence-electron chi connectivity index (χ2n) is 5.42. The van der Waals surface area contributed by atoms with Crippen LogP contribution in [0.15, 0.2) is 0 Å². The molecule has 0 aromatic rings. The Balaban J connectivity index is 3.91. The van der Waals surface area contributed by atoms with Gasteiger partial charge in [0.1, 0.15) is 0 Å². The number of hydrogen-bond acceptors (Lipinski definition) is 3. The number of amides is 1. The Morgan fingerprint density at radius 1 is 1.10 bits per heavy atom. The largest absolute Gasteiger partial charge is 0.481 e. The van der Waals surface area contributed by atoms with Gasteiger partial charge in [-0.15, -0.1) is 0 Å². The quantitative estimate of drug-likeness (QED) is 0.513. The average molecular weight is 286 g/mol. The fraction of sp³-hybridized carbons (Fsp3) is 0.867. The maximum Gasteiger partial charge on any atom is 0.303 e. The first kappa shape index (κ1) is 18.9. The van der Waals surface area contributed by atoms with Crippen LogP contribution in [0.1, 0.15) is 65.2 Å². The smallest absolute Gasteiger partial charge is 0.303 e. The summed E-state index contributed by atoms with van der Waals surface area (Å²) in [6, 6.07) is -0.418. The minimum absolute atomic E-state index is 0.0908. The molecule has 0 aromatic carbocycles. The molecule has 0 aliphatic rings. The van der Waals surface area contributed by atoms with Gasteiger partial charge in [0.05, 0.1) is 6.04 Å². The van der Waals surface area contributed by atoms with Gasteiger partial charge in [0.2, 0.25) is 5.91 Å². The number of aliphatic carboxylic acids is 1. The molecule has 0 aliphatic carbocycles. The van der Waals surface area contributed by atoms with Gasteiger partial charge in [0, 0.05) is 13.0 Å². The van der Waals surface area contributed by atoms with Crippen LogP contribution in [-0.2, 0) is 9.59 Å². The summed E-state index contributed by atoms with van der Waals surface area (Å²) in [6.45, 7) is 4.75. The monoisotopic (exact) mass is 286 g/mol. The summed E-state index contributed by atoms with van der Waals surface area (Å²) in [5.74, 6) is -0.480. The summed E-state index contributed by atoms with van der Waals surface area (Å²) in [6.07, 6.45) is 6.47. The number of nitrogens with one attached hydrogen (secondary N) is 1. The van der Waals surface area contributed by atoms with E-state index in [2.05, 4.69) is 19.2 Å². The number of rotatable bonds is 12. The fourth-order valence-electron chi connectivity index (χ4n) is 2.25. The SMILES string of the molecule is CCCCC(N)C(=O)NCCC(CCC)CCC(=O)O. The van der Waals surface area contributed by atoms with Crippen molar-refractivity contribution in [3.63, 3.8) is 0 Å². The Kier molecular flexibility index (Phi) is 11.1. The van der Waals surface area contributed by atoms with Crippen LogP contribution in [0.3, 0.4) is 0 Å². The van der Waals surface area contributed by atoms with Gasteiger partial charge < -0.3 is 16.2 Å². The van der Waals surface area contributed by atoms with E-state index in [0.29, 0.717) is 18.9 Å². The maximum absolute atomic E-state index is 11.7. The Hall–Kier alpha value is -1.10. The van der Waals surface area contributed by atoms with Crippen molar-refractivity contribution < 1.29 is 14.7 Å². The molecule has 0 saturated heterocycles. The molecule has 0 spiro atoms. The van der Waals surface area contributed by atoms with Crippen LogP contribution in [0.4, 0.5) is 0 Å². The molecule has 1 amide bonds. The number of carbonyl (C=O) groups excluding carboxylic acids is 1. The molecule has 0 fully saturated rings. The van der Waals surface area contributed by atoms with Gasteiger partial charge in [0.25, 0.3) is 0 Å². The molecular weight excluding hydrogens is 256 g/mol. The molecule has 0 saturated carbocycles. The Labute approximate surface area is 122 Å².